The van der Waals surface area contributed by atoms with Crippen molar-refractivity contribution in [2.45, 2.75) is 37.6 Å². The second-order valence-corrected chi connectivity index (χ2v) is 10.7. The van der Waals surface area contributed by atoms with Crippen molar-refractivity contribution < 1.29 is 13.2 Å². The number of nitrogens with zero attached hydrogens (tertiary/aromatic N) is 3. The minimum atomic E-state index is -3.64. The number of rotatable bonds is 5. The van der Waals surface area contributed by atoms with Crippen molar-refractivity contribution in [1.29, 1.82) is 0 Å². The molecule has 2 heterocycles. The minimum Gasteiger partial charge on any atom is -0.305 e. The lowest BCUT2D eigenvalue weighted by Gasteiger charge is -2.30. The number of aryl methyl sites for hydroxylation is 1. The first-order valence-electron chi connectivity index (χ1n) is 10.6. The van der Waals surface area contributed by atoms with Gasteiger partial charge in [-0.2, -0.15) is 9.30 Å². The van der Waals surface area contributed by atoms with Gasteiger partial charge in [0.2, 0.25) is 10.0 Å². The van der Waals surface area contributed by atoms with Gasteiger partial charge in [-0.1, -0.05) is 48.4 Å². The molecule has 0 spiro atoms. The second kappa shape index (κ2) is 9.41. The Hall–Kier alpha value is -2.73. The maximum absolute atomic E-state index is 13.1. The summed E-state index contributed by atoms with van der Waals surface area (Å²) in [6, 6.07) is 14.5. The number of aromatic nitrogens is 1. The molecule has 1 unspecified atom stereocenters. The van der Waals surface area contributed by atoms with Crippen LogP contribution in [0.5, 0.6) is 0 Å². The van der Waals surface area contributed by atoms with Crippen molar-refractivity contribution in [2.75, 3.05) is 13.1 Å². The van der Waals surface area contributed by atoms with Crippen molar-refractivity contribution >= 4 is 37.5 Å². The standard InChI is InChI=1S/C24H25N3O3S2/c1-3-14-27-21-13-12-18(4-2)16-22(21)31-24(27)25-23(28)19-9-8-15-26(17-19)32(29,30)20-10-6-5-7-11-20/h1,5-7,10-13,16,19H,4,8-9,14-15,17H2,2H3. The molecule has 1 amide bonds. The number of hydrogen-bond donors (Lipinski definition) is 0. The van der Waals surface area contributed by atoms with Gasteiger partial charge in [0.05, 0.1) is 27.6 Å². The molecule has 1 aliphatic heterocycles. The average Bonchev–Trinajstić information content (AvgIpc) is 3.16. The van der Waals surface area contributed by atoms with Crippen molar-refractivity contribution in [1.82, 2.24) is 8.87 Å². The predicted molar refractivity (Wildman–Crippen MR) is 127 cm³/mol. The zero-order valence-electron chi connectivity index (χ0n) is 17.9. The van der Waals surface area contributed by atoms with E-state index in [-0.39, 0.29) is 17.3 Å². The molecule has 0 N–H and O–H groups in total. The fraction of sp³-hybridized carbons (Fsp3) is 0.333. The lowest BCUT2D eigenvalue weighted by molar-refractivity contribution is -0.122. The highest BCUT2D eigenvalue weighted by atomic mass is 32.2. The average molecular weight is 468 g/mol. The van der Waals surface area contributed by atoms with E-state index >= 15 is 0 Å². The van der Waals surface area contributed by atoms with Crippen LogP contribution in [-0.2, 0) is 27.8 Å². The van der Waals surface area contributed by atoms with E-state index in [2.05, 4.69) is 30.0 Å². The van der Waals surface area contributed by atoms with Crippen LogP contribution in [0.4, 0.5) is 0 Å². The summed E-state index contributed by atoms with van der Waals surface area (Å²) in [4.78, 5) is 18.3. The number of carbonyl (C=O) groups is 1. The summed E-state index contributed by atoms with van der Waals surface area (Å²) in [6.07, 6.45) is 7.72. The number of amides is 1. The summed E-state index contributed by atoms with van der Waals surface area (Å²) >= 11 is 1.44. The van der Waals surface area contributed by atoms with Crippen molar-refractivity contribution in [3.8, 4) is 12.3 Å². The van der Waals surface area contributed by atoms with E-state index in [1.165, 1.54) is 21.2 Å². The van der Waals surface area contributed by atoms with Crippen molar-refractivity contribution in [2.24, 2.45) is 10.9 Å². The van der Waals surface area contributed by atoms with Gasteiger partial charge in [-0.15, -0.1) is 6.42 Å². The Morgan fingerprint density at radius 1 is 1.25 bits per heavy atom. The van der Waals surface area contributed by atoms with Crippen LogP contribution in [0.25, 0.3) is 10.2 Å². The number of sulfonamides is 1. The molecule has 1 saturated heterocycles. The number of carbonyl (C=O) groups excluding carboxylic acids is 1. The highest BCUT2D eigenvalue weighted by Crippen LogP contribution is 2.25. The van der Waals surface area contributed by atoms with E-state index in [0.717, 1.165) is 16.6 Å². The van der Waals surface area contributed by atoms with Crippen LogP contribution in [-0.4, -0.2) is 36.3 Å². The number of piperidine rings is 1. The highest BCUT2D eigenvalue weighted by molar-refractivity contribution is 7.89. The van der Waals surface area contributed by atoms with Gasteiger partial charge in [0.25, 0.3) is 5.91 Å². The Kier molecular flexibility index (Phi) is 6.60. The van der Waals surface area contributed by atoms with E-state index in [4.69, 9.17) is 6.42 Å². The molecule has 166 valence electrons. The van der Waals surface area contributed by atoms with Crippen LogP contribution >= 0.6 is 11.3 Å². The zero-order valence-corrected chi connectivity index (χ0v) is 19.5. The number of terminal acetylenes is 1. The lowest BCUT2D eigenvalue weighted by Crippen LogP contribution is -2.42. The van der Waals surface area contributed by atoms with Crippen LogP contribution in [0.3, 0.4) is 0 Å². The Morgan fingerprint density at radius 2 is 2.03 bits per heavy atom. The van der Waals surface area contributed by atoms with Crippen LogP contribution in [0, 0.1) is 18.3 Å². The normalized spacial score (nSPS) is 18.0. The molecule has 32 heavy (non-hydrogen) atoms. The molecule has 1 aliphatic rings. The summed E-state index contributed by atoms with van der Waals surface area (Å²) in [7, 11) is -3.64. The highest BCUT2D eigenvalue weighted by Gasteiger charge is 2.33. The van der Waals surface area contributed by atoms with E-state index in [0.29, 0.717) is 30.7 Å². The number of thiazole rings is 1. The molecule has 1 atom stereocenters. The third-order valence-electron chi connectivity index (χ3n) is 5.72. The molecule has 0 saturated carbocycles. The van der Waals surface area contributed by atoms with E-state index in [1.54, 1.807) is 30.3 Å². The first-order chi connectivity index (χ1) is 15.4. The fourth-order valence-electron chi connectivity index (χ4n) is 3.96. The summed E-state index contributed by atoms with van der Waals surface area (Å²) in [5, 5.41) is 0. The third kappa shape index (κ3) is 4.42. The van der Waals surface area contributed by atoms with Gasteiger partial charge in [-0.05, 0) is 49.1 Å². The topological polar surface area (TPSA) is 71.7 Å². The van der Waals surface area contributed by atoms with Crippen molar-refractivity contribution in [3.05, 3.63) is 58.9 Å². The fourth-order valence-corrected chi connectivity index (χ4v) is 6.60. The van der Waals surface area contributed by atoms with Gasteiger partial charge < -0.3 is 4.57 Å². The molecule has 2 aromatic carbocycles. The summed E-state index contributed by atoms with van der Waals surface area (Å²) in [5.74, 6) is 1.87. The smallest absolute Gasteiger partial charge is 0.252 e. The minimum absolute atomic E-state index is 0.138. The van der Waals surface area contributed by atoms with Gasteiger partial charge >= 0.3 is 0 Å². The van der Waals surface area contributed by atoms with Gasteiger partial charge in [-0.3, -0.25) is 4.79 Å². The Labute approximate surface area is 192 Å². The maximum atomic E-state index is 13.1. The van der Waals surface area contributed by atoms with Crippen LogP contribution < -0.4 is 4.80 Å². The molecule has 3 aromatic rings. The second-order valence-electron chi connectivity index (χ2n) is 7.80. The monoisotopic (exact) mass is 467 g/mol. The van der Waals surface area contributed by atoms with Crippen molar-refractivity contribution in [3.63, 3.8) is 0 Å². The van der Waals surface area contributed by atoms with Crippen LogP contribution in [0.1, 0.15) is 25.3 Å². The zero-order chi connectivity index (χ0) is 22.7. The maximum Gasteiger partial charge on any atom is 0.252 e. The third-order valence-corrected chi connectivity index (χ3v) is 8.65. The summed E-state index contributed by atoms with van der Waals surface area (Å²) < 4.78 is 30.3. The van der Waals surface area contributed by atoms with Gasteiger partial charge in [-0.25, -0.2) is 8.42 Å². The molecular weight excluding hydrogens is 442 g/mol. The summed E-state index contributed by atoms with van der Waals surface area (Å²) in [5.41, 5.74) is 2.16. The van der Waals surface area contributed by atoms with Gasteiger partial charge in [0, 0.05) is 13.1 Å². The first kappa shape index (κ1) is 22.5. The Morgan fingerprint density at radius 3 is 2.75 bits per heavy atom. The van der Waals surface area contributed by atoms with E-state index < -0.39 is 15.9 Å². The van der Waals surface area contributed by atoms with Crippen LogP contribution in [0.15, 0.2) is 58.4 Å². The SMILES string of the molecule is C#CCn1c(=NC(=O)C2CCCN(S(=O)(=O)c3ccccc3)C2)sc2cc(CC)ccc21. The lowest BCUT2D eigenvalue weighted by atomic mass is 9.99. The van der Waals surface area contributed by atoms with Crippen LogP contribution in [0.2, 0.25) is 0 Å². The molecule has 0 radical (unpaired) electrons. The number of benzene rings is 2. The van der Waals surface area contributed by atoms with E-state index in [9.17, 15) is 13.2 Å². The Bertz CT molecular complexity index is 1350. The Balaban J connectivity index is 1.64. The largest absolute Gasteiger partial charge is 0.305 e. The molecule has 1 fully saturated rings. The quantitative estimate of drug-likeness (QED) is 0.540. The number of hydrogen-bond acceptors (Lipinski definition) is 4. The molecule has 8 heteroatoms. The van der Waals surface area contributed by atoms with Gasteiger partial charge in [0.15, 0.2) is 4.80 Å². The van der Waals surface area contributed by atoms with Gasteiger partial charge in [0.1, 0.15) is 0 Å². The molecule has 0 aliphatic carbocycles. The molecule has 1 aromatic heterocycles. The predicted octanol–water partition coefficient (Wildman–Crippen LogP) is 3.43. The molecule has 0 bridgehead atoms. The molecule has 6 nitrogen and oxygen atoms in total. The number of fused-ring (bicyclic) bond motifs is 1. The first-order valence-corrected chi connectivity index (χ1v) is 12.9. The van der Waals surface area contributed by atoms with E-state index in [1.807, 2.05) is 10.6 Å². The molecule has 4 rings (SSSR count). The molecular formula is C24H25N3O3S2. The summed E-state index contributed by atoms with van der Waals surface area (Å²) in [6.45, 7) is 2.95.